The standard InChI is InChI=1S/C9H8ClNOS/c1-2-3-4-11-9(12)8-5-7(10)6-13-8/h1,5-6H,3-4H2,(H,11,12). The van der Waals surface area contributed by atoms with Crippen molar-refractivity contribution in [2.24, 2.45) is 0 Å². The Labute approximate surface area is 85.9 Å². The van der Waals surface area contributed by atoms with E-state index >= 15 is 0 Å². The van der Waals surface area contributed by atoms with E-state index in [9.17, 15) is 4.79 Å². The van der Waals surface area contributed by atoms with Crippen molar-refractivity contribution in [2.45, 2.75) is 6.42 Å². The third-order valence-electron chi connectivity index (χ3n) is 1.35. The lowest BCUT2D eigenvalue weighted by atomic mass is 10.4. The summed E-state index contributed by atoms with van der Waals surface area (Å²) in [5.41, 5.74) is 0. The first-order valence-electron chi connectivity index (χ1n) is 3.69. The lowest BCUT2D eigenvalue weighted by molar-refractivity contribution is 0.0958. The number of terminal acetylenes is 1. The zero-order chi connectivity index (χ0) is 9.68. The molecule has 0 aliphatic heterocycles. The molecule has 1 rings (SSSR count). The van der Waals surface area contributed by atoms with Gasteiger partial charge in [0.1, 0.15) is 0 Å². The van der Waals surface area contributed by atoms with Crippen molar-refractivity contribution in [2.75, 3.05) is 6.54 Å². The van der Waals surface area contributed by atoms with Gasteiger partial charge < -0.3 is 5.32 Å². The van der Waals surface area contributed by atoms with Gasteiger partial charge in [-0.15, -0.1) is 23.7 Å². The van der Waals surface area contributed by atoms with E-state index in [1.54, 1.807) is 11.4 Å². The Kier molecular flexibility index (Phi) is 3.81. The molecule has 0 saturated carbocycles. The molecule has 0 radical (unpaired) electrons. The predicted molar refractivity (Wildman–Crippen MR) is 55.1 cm³/mol. The number of hydrogen-bond donors (Lipinski definition) is 1. The molecule has 0 atom stereocenters. The highest BCUT2D eigenvalue weighted by molar-refractivity contribution is 7.12. The van der Waals surface area contributed by atoms with Gasteiger partial charge >= 0.3 is 0 Å². The highest BCUT2D eigenvalue weighted by Gasteiger charge is 2.06. The summed E-state index contributed by atoms with van der Waals surface area (Å²) in [6, 6.07) is 1.64. The molecule has 0 aromatic carbocycles. The van der Waals surface area contributed by atoms with Gasteiger partial charge in [-0.1, -0.05) is 11.6 Å². The van der Waals surface area contributed by atoms with E-state index in [4.69, 9.17) is 18.0 Å². The molecule has 0 bridgehead atoms. The van der Waals surface area contributed by atoms with E-state index in [2.05, 4.69) is 11.2 Å². The van der Waals surface area contributed by atoms with E-state index in [1.807, 2.05) is 0 Å². The topological polar surface area (TPSA) is 29.1 Å². The van der Waals surface area contributed by atoms with Crippen molar-refractivity contribution in [3.05, 3.63) is 21.3 Å². The van der Waals surface area contributed by atoms with Crippen LogP contribution in [0.2, 0.25) is 5.02 Å². The molecule has 0 saturated heterocycles. The summed E-state index contributed by atoms with van der Waals surface area (Å²) in [5.74, 6) is 2.32. The van der Waals surface area contributed by atoms with Crippen molar-refractivity contribution in [1.82, 2.24) is 5.32 Å². The van der Waals surface area contributed by atoms with Crippen LogP contribution in [-0.2, 0) is 0 Å². The SMILES string of the molecule is C#CCCNC(=O)c1cc(Cl)cs1. The van der Waals surface area contributed by atoms with E-state index < -0.39 is 0 Å². The Morgan fingerprint density at radius 1 is 1.77 bits per heavy atom. The van der Waals surface area contributed by atoms with Gasteiger partial charge in [0.15, 0.2) is 0 Å². The second-order valence-electron chi connectivity index (χ2n) is 2.34. The molecule has 0 aliphatic carbocycles. The van der Waals surface area contributed by atoms with Crippen LogP contribution in [-0.4, -0.2) is 12.5 Å². The summed E-state index contributed by atoms with van der Waals surface area (Å²) < 4.78 is 0. The maximum absolute atomic E-state index is 11.3. The number of carbonyl (C=O) groups is 1. The predicted octanol–water partition coefficient (Wildman–Crippen LogP) is 2.15. The number of hydrogen-bond acceptors (Lipinski definition) is 2. The Morgan fingerprint density at radius 3 is 3.08 bits per heavy atom. The third kappa shape index (κ3) is 3.10. The zero-order valence-corrected chi connectivity index (χ0v) is 8.41. The summed E-state index contributed by atoms with van der Waals surface area (Å²) in [6.45, 7) is 0.505. The molecule has 1 aromatic rings. The van der Waals surface area contributed by atoms with Crippen molar-refractivity contribution < 1.29 is 4.79 Å². The van der Waals surface area contributed by atoms with Gasteiger partial charge in [-0.3, -0.25) is 4.79 Å². The monoisotopic (exact) mass is 213 g/mol. The maximum atomic E-state index is 11.3. The van der Waals surface area contributed by atoms with Gasteiger partial charge in [-0.05, 0) is 6.07 Å². The number of thiophene rings is 1. The number of rotatable bonds is 3. The molecule has 0 fully saturated rings. The molecule has 68 valence electrons. The molecule has 13 heavy (non-hydrogen) atoms. The van der Waals surface area contributed by atoms with Crippen molar-refractivity contribution >= 4 is 28.8 Å². The summed E-state index contributed by atoms with van der Waals surface area (Å²) in [4.78, 5) is 11.9. The molecule has 1 amide bonds. The van der Waals surface area contributed by atoms with Gasteiger partial charge in [0.2, 0.25) is 0 Å². The minimum atomic E-state index is -0.118. The average molecular weight is 214 g/mol. The van der Waals surface area contributed by atoms with Crippen LogP contribution in [0.3, 0.4) is 0 Å². The average Bonchev–Trinajstić information content (AvgIpc) is 2.52. The van der Waals surface area contributed by atoms with Crippen LogP contribution in [0.4, 0.5) is 0 Å². The van der Waals surface area contributed by atoms with Crippen LogP contribution in [0.25, 0.3) is 0 Å². The van der Waals surface area contributed by atoms with Crippen LogP contribution in [0.15, 0.2) is 11.4 Å². The Bertz CT molecular complexity index is 340. The summed E-state index contributed by atoms with van der Waals surface area (Å²) in [6.07, 6.45) is 5.58. The quantitative estimate of drug-likeness (QED) is 0.605. The van der Waals surface area contributed by atoms with Crippen molar-refractivity contribution in [3.63, 3.8) is 0 Å². The fourth-order valence-corrected chi connectivity index (χ4v) is 1.76. The number of halogens is 1. The molecule has 0 spiro atoms. The van der Waals surface area contributed by atoms with Crippen molar-refractivity contribution in [3.8, 4) is 12.3 Å². The van der Waals surface area contributed by atoms with Gasteiger partial charge in [-0.2, -0.15) is 0 Å². The largest absolute Gasteiger partial charge is 0.350 e. The van der Waals surface area contributed by atoms with Gasteiger partial charge in [-0.25, -0.2) is 0 Å². The van der Waals surface area contributed by atoms with Gasteiger partial charge in [0.05, 0.1) is 9.90 Å². The van der Waals surface area contributed by atoms with Crippen LogP contribution in [0, 0.1) is 12.3 Å². The van der Waals surface area contributed by atoms with Crippen LogP contribution >= 0.6 is 22.9 Å². The second-order valence-corrected chi connectivity index (χ2v) is 3.69. The second kappa shape index (κ2) is 4.90. The fraction of sp³-hybridized carbons (Fsp3) is 0.222. The first-order valence-corrected chi connectivity index (χ1v) is 4.95. The highest BCUT2D eigenvalue weighted by Crippen LogP contribution is 2.18. The first-order chi connectivity index (χ1) is 6.24. The molecule has 0 unspecified atom stereocenters. The number of nitrogens with one attached hydrogen (secondary N) is 1. The Hall–Kier alpha value is -0.980. The number of carbonyl (C=O) groups excluding carboxylic acids is 1. The molecule has 0 aliphatic rings. The molecule has 1 N–H and O–H groups in total. The molecule has 1 aromatic heterocycles. The molecule has 4 heteroatoms. The lowest BCUT2D eigenvalue weighted by Gasteiger charge is -1.98. The van der Waals surface area contributed by atoms with Crippen LogP contribution in [0.1, 0.15) is 16.1 Å². The summed E-state index contributed by atoms with van der Waals surface area (Å²) >= 11 is 6.98. The lowest BCUT2D eigenvalue weighted by Crippen LogP contribution is -2.23. The molecule has 1 heterocycles. The molecular weight excluding hydrogens is 206 g/mol. The van der Waals surface area contributed by atoms with Gasteiger partial charge in [0.25, 0.3) is 5.91 Å². The highest BCUT2D eigenvalue weighted by atomic mass is 35.5. The third-order valence-corrected chi connectivity index (χ3v) is 2.62. The normalized spacial score (nSPS) is 9.23. The fourth-order valence-electron chi connectivity index (χ4n) is 0.767. The minimum absolute atomic E-state index is 0.118. The van der Waals surface area contributed by atoms with Crippen LogP contribution in [0.5, 0.6) is 0 Å². The van der Waals surface area contributed by atoms with Gasteiger partial charge in [0, 0.05) is 18.3 Å². The zero-order valence-electron chi connectivity index (χ0n) is 6.84. The molecular formula is C9H8ClNOS. The first kappa shape index (κ1) is 10.1. The smallest absolute Gasteiger partial charge is 0.261 e. The maximum Gasteiger partial charge on any atom is 0.261 e. The van der Waals surface area contributed by atoms with E-state index in [1.165, 1.54) is 11.3 Å². The van der Waals surface area contributed by atoms with Crippen LogP contribution < -0.4 is 5.32 Å². The molecule has 2 nitrogen and oxygen atoms in total. The summed E-state index contributed by atoms with van der Waals surface area (Å²) in [5, 5.41) is 4.99. The van der Waals surface area contributed by atoms with E-state index in [0.717, 1.165) is 0 Å². The van der Waals surface area contributed by atoms with E-state index in [-0.39, 0.29) is 5.91 Å². The Balaban J connectivity index is 2.45. The van der Waals surface area contributed by atoms with E-state index in [0.29, 0.717) is 22.9 Å². The minimum Gasteiger partial charge on any atom is -0.350 e. The van der Waals surface area contributed by atoms with Crippen molar-refractivity contribution in [1.29, 1.82) is 0 Å². The number of amides is 1. The Morgan fingerprint density at radius 2 is 2.54 bits per heavy atom. The summed E-state index contributed by atoms with van der Waals surface area (Å²) in [7, 11) is 0.